The summed E-state index contributed by atoms with van der Waals surface area (Å²) < 4.78 is 0.630. The molecular weight excluding hydrogens is 353 g/mol. The summed E-state index contributed by atoms with van der Waals surface area (Å²) in [4.78, 5) is 2.00. The van der Waals surface area contributed by atoms with Crippen molar-refractivity contribution in [3.8, 4) is 0 Å². The predicted molar refractivity (Wildman–Crippen MR) is 112 cm³/mol. The topological polar surface area (TPSA) is 3.24 Å². The first-order valence-electron chi connectivity index (χ1n) is 9.51. The molecule has 0 heterocycles. The lowest BCUT2D eigenvalue weighted by Gasteiger charge is -2.04. The van der Waals surface area contributed by atoms with Gasteiger partial charge >= 0.3 is 0 Å². The minimum absolute atomic E-state index is 0.630. The number of halogens is 1. The van der Waals surface area contributed by atoms with Crippen molar-refractivity contribution in [2.75, 3.05) is 21.1 Å². The standard InChI is InChI=1S/C16H34BrP.C3H9N/c1-2-3-4-5-6-7-8-9-10-11-12-13-14-15-16(17)18;1-4(2)3/h16H,2-15,18H2,1H3;1-3H3. The maximum absolute atomic E-state index is 3.57. The van der Waals surface area contributed by atoms with Gasteiger partial charge in [-0.25, -0.2) is 0 Å². The highest BCUT2D eigenvalue weighted by Crippen LogP contribution is 2.18. The van der Waals surface area contributed by atoms with Gasteiger partial charge in [-0.15, -0.1) is 9.24 Å². The lowest BCUT2D eigenvalue weighted by molar-refractivity contribution is 0.505. The van der Waals surface area contributed by atoms with E-state index in [1.807, 2.05) is 26.0 Å². The van der Waals surface area contributed by atoms with E-state index in [0.29, 0.717) is 4.57 Å². The Morgan fingerprint density at radius 2 is 0.955 bits per heavy atom. The molecule has 1 nitrogen and oxygen atoms in total. The molecule has 22 heavy (non-hydrogen) atoms. The Hall–Kier alpha value is 0.870. The third-order valence-corrected chi connectivity index (χ3v) is 4.37. The Balaban J connectivity index is 0. The van der Waals surface area contributed by atoms with E-state index in [4.69, 9.17) is 0 Å². The number of hydrogen-bond acceptors (Lipinski definition) is 1. The summed E-state index contributed by atoms with van der Waals surface area (Å²) in [6.07, 6.45) is 20.1. The molecule has 0 spiro atoms. The summed E-state index contributed by atoms with van der Waals surface area (Å²) in [5.41, 5.74) is 0. The molecule has 0 aliphatic rings. The third kappa shape index (κ3) is 32.7. The quantitative estimate of drug-likeness (QED) is 0.170. The SMILES string of the molecule is CCCCCCCCCCCCCCCC(P)Br.CN(C)C. The average molecular weight is 396 g/mol. The van der Waals surface area contributed by atoms with Crippen molar-refractivity contribution in [2.45, 2.75) is 101 Å². The molecule has 0 aromatic carbocycles. The zero-order valence-electron chi connectivity index (χ0n) is 15.9. The molecule has 0 N–H and O–H groups in total. The van der Waals surface area contributed by atoms with Crippen LogP contribution in [0.1, 0.15) is 96.8 Å². The summed E-state index contributed by atoms with van der Waals surface area (Å²) in [5.74, 6) is 0. The van der Waals surface area contributed by atoms with Crippen molar-refractivity contribution < 1.29 is 0 Å². The first-order chi connectivity index (χ1) is 10.5. The molecular formula is C19H43BrNP. The predicted octanol–water partition coefficient (Wildman–Crippen LogP) is 7.24. The van der Waals surface area contributed by atoms with Gasteiger partial charge in [-0.3, -0.25) is 0 Å². The van der Waals surface area contributed by atoms with E-state index in [2.05, 4.69) is 32.1 Å². The largest absolute Gasteiger partial charge is 0.312 e. The Morgan fingerprint density at radius 3 is 1.23 bits per heavy atom. The summed E-state index contributed by atoms with van der Waals surface area (Å²) in [7, 11) is 8.82. The molecule has 0 aliphatic carbocycles. The van der Waals surface area contributed by atoms with Crippen molar-refractivity contribution in [3.63, 3.8) is 0 Å². The molecule has 0 fully saturated rings. The molecule has 0 saturated carbocycles. The van der Waals surface area contributed by atoms with Crippen LogP contribution in [0.15, 0.2) is 0 Å². The number of alkyl halides is 1. The van der Waals surface area contributed by atoms with Gasteiger partial charge in [0.1, 0.15) is 0 Å². The van der Waals surface area contributed by atoms with E-state index in [9.17, 15) is 0 Å². The summed E-state index contributed by atoms with van der Waals surface area (Å²) in [5, 5.41) is 0. The number of nitrogens with zero attached hydrogens (tertiary/aromatic N) is 1. The van der Waals surface area contributed by atoms with E-state index in [-0.39, 0.29) is 0 Å². The van der Waals surface area contributed by atoms with Crippen LogP contribution in [-0.4, -0.2) is 30.6 Å². The van der Waals surface area contributed by atoms with Crippen molar-refractivity contribution in [1.82, 2.24) is 4.90 Å². The zero-order chi connectivity index (χ0) is 17.1. The van der Waals surface area contributed by atoms with Gasteiger partial charge in [-0.05, 0) is 27.6 Å². The zero-order valence-corrected chi connectivity index (χ0v) is 18.6. The van der Waals surface area contributed by atoms with E-state index < -0.39 is 0 Å². The Labute approximate surface area is 152 Å². The van der Waals surface area contributed by atoms with Gasteiger partial charge in [-0.1, -0.05) is 106 Å². The molecule has 0 saturated heterocycles. The summed E-state index contributed by atoms with van der Waals surface area (Å²) >= 11 is 3.57. The molecule has 0 rings (SSSR count). The van der Waals surface area contributed by atoms with Crippen LogP contribution in [0.5, 0.6) is 0 Å². The van der Waals surface area contributed by atoms with Crippen LogP contribution in [0.25, 0.3) is 0 Å². The van der Waals surface area contributed by atoms with E-state index in [1.165, 1.54) is 89.9 Å². The normalized spacial score (nSPS) is 12.1. The summed E-state index contributed by atoms with van der Waals surface area (Å²) in [6.45, 7) is 2.29. The highest BCUT2D eigenvalue weighted by Gasteiger charge is 1.96. The lowest BCUT2D eigenvalue weighted by atomic mass is 10.0. The van der Waals surface area contributed by atoms with Crippen molar-refractivity contribution in [3.05, 3.63) is 0 Å². The smallest absolute Gasteiger partial charge is 0.0288 e. The van der Waals surface area contributed by atoms with Crippen LogP contribution in [0, 0.1) is 0 Å². The molecule has 136 valence electrons. The van der Waals surface area contributed by atoms with Gasteiger partial charge in [0.2, 0.25) is 0 Å². The van der Waals surface area contributed by atoms with E-state index in [0.717, 1.165) is 0 Å². The van der Waals surface area contributed by atoms with Gasteiger partial charge < -0.3 is 4.90 Å². The van der Waals surface area contributed by atoms with E-state index in [1.54, 1.807) is 0 Å². The van der Waals surface area contributed by atoms with Crippen LogP contribution in [0.4, 0.5) is 0 Å². The Kier molecular flexibility index (Phi) is 25.0. The lowest BCUT2D eigenvalue weighted by Crippen LogP contribution is -1.99. The van der Waals surface area contributed by atoms with Gasteiger partial charge in [0.05, 0.1) is 0 Å². The number of unbranched alkanes of at least 4 members (excludes halogenated alkanes) is 12. The molecule has 0 aliphatic heterocycles. The Morgan fingerprint density at radius 1 is 0.682 bits per heavy atom. The number of hydrogen-bond donors (Lipinski definition) is 0. The Bertz CT molecular complexity index is 184. The highest BCUT2D eigenvalue weighted by atomic mass is 79.9. The maximum atomic E-state index is 3.57. The third-order valence-electron chi connectivity index (χ3n) is 3.58. The fourth-order valence-electron chi connectivity index (χ4n) is 2.36. The summed E-state index contributed by atoms with van der Waals surface area (Å²) in [6, 6.07) is 0. The van der Waals surface area contributed by atoms with Crippen LogP contribution in [0.2, 0.25) is 0 Å². The van der Waals surface area contributed by atoms with Crippen molar-refractivity contribution in [1.29, 1.82) is 0 Å². The maximum Gasteiger partial charge on any atom is 0.0288 e. The van der Waals surface area contributed by atoms with Gasteiger partial charge in [-0.2, -0.15) is 0 Å². The van der Waals surface area contributed by atoms with Gasteiger partial charge in [0, 0.05) is 4.57 Å². The highest BCUT2D eigenvalue weighted by molar-refractivity contribution is 9.10. The fraction of sp³-hybridized carbons (Fsp3) is 1.00. The van der Waals surface area contributed by atoms with Gasteiger partial charge in [0.15, 0.2) is 0 Å². The molecule has 0 radical (unpaired) electrons. The van der Waals surface area contributed by atoms with Gasteiger partial charge in [0.25, 0.3) is 0 Å². The molecule has 0 bridgehead atoms. The van der Waals surface area contributed by atoms with Crippen LogP contribution in [0.3, 0.4) is 0 Å². The van der Waals surface area contributed by atoms with Crippen molar-refractivity contribution >= 4 is 25.2 Å². The minimum Gasteiger partial charge on any atom is -0.312 e. The molecule has 0 amide bonds. The fourth-order valence-corrected chi connectivity index (χ4v) is 2.92. The van der Waals surface area contributed by atoms with Crippen molar-refractivity contribution in [2.24, 2.45) is 0 Å². The monoisotopic (exact) mass is 395 g/mol. The second-order valence-corrected chi connectivity index (χ2v) is 9.85. The first-order valence-corrected chi connectivity index (χ1v) is 11.1. The van der Waals surface area contributed by atoms with Crippen LogP contribution >= 0.6 is 25.2 Å². The molecule has 0 aromatic heterocycles. The molecule has 0 aromatic rings. The average Bonchev–Trinajstić information content (AvgIpc) is 2.43. The molecule has 3 heteroatoms. The molecule has 2 atom stereocenters. The number of rotatable bonds is 14. The second kappa shape index (κ2) is 21.9. The molecule has 2 unspecified atom stereocenters. The van der Waals surface area contributed by atoms with Crippen LogP contribution < -0.4 is 0 Å². The second-order valence-electron chi connectivity index (χ2n) is 6.89. The van der Waals surface area contributed by atoms with E-state index >= 15 is 0 Å². The minimum atomic E-state index is 0.630. The first kappa shape index (κ1) is 25.1. The van der Waals surface area contributed by atoms with Crippen LogP contribution in [-0.2, 0) is 0 Å².